The number of rotatable bonds is 8. The standard InChI is InChI=1S/C22H25F3N8O2S.CH2O2/c1-14-11-15(5-6-18(14)36(3,35)29-9-4-7-26)30-21(34)20-28-12-17(32(20)2)16-13-33(10-8-27)31-19(16)22(23,24)25;2-1-3/h5-6,11-13H,4,7,9-10,26H2,1-3H3,(H,30,34);1H,(H,2,3). The molecular weight excluding hydrogens is 541 g/mol. The Morgan fingerprint density at radius 1 is 1.38 bits per heavy atom. The summed E-state index contributed by atoms with van der Waals surface area (Å²) in [7, 11) is -1.24. The zero-order valence-corrected chi connectivity index (χ0v) is 22.1. The Morgan fingerprint density at radius 2 is 2.05 bits per heavy atom. The van der Waals surface area contributed by atoms with Gasteiger partial charge >= 0.3 is 6.18 Å². The van der Waals surface area contributed by atoms with E-state index in [2.05, 4.69) is 19.8 Å². The molecule has 0 saturated carbocycles. The molecule has 210 valence electrons. The summed E-state index contributed by atoms with van der Waals surface area (Å²) in [5, 5.41) is 21.8. The van der Waals surface area contributed by atoms with Crippen molar-refractivity contribution >= 4 is 27.8 Å². The molecule has 1 amide bonds. The van der Waals surface area contributed by atoms with Crippen LogP contribution >= 0.6 is 0 Å². The molecule has 0 aliphatic rings. The number of aromatic nitrogens is 4. The highest BCUT2D eigenvalue weighted by molar-refractivity contribution is 7.93. The van der Waals surface area contributed by atoms with Crippen LogP contribution in [0, 0.1) is 18.3 Å². The van der Waals surface area contributed by atoms with Gasteiger partial charge in [0, 0.05) is 31.7 Å². The van der Waals surface area contributed by atoms with Crippen molar-refractivity contribution in [3.8, 4) is 17.3 Å². The molecule has 0 bridgehead atoms. The lowest BCUT2D eigenvalue weighted by Crippen LogP contribution is -2.17. The number of anilines is 1. The van der Waals surface area contributed by atoms with Crippen LogP contribution in [-0.4, -0.2) is 60.4 Å². The summed E-state index contributed by atoms with van der Waals surface area (Å²) in [6.45, 7) is 1.94. The minimum absolute atomic E-state index is 0.00741. The second kappa shape index (κ2) is 13.0. The van der Waals surface area contributed by atoms with Gasteiger partial charge < -0.3 is 20.7 Å². The number of imidazole rings is 1. The minimum atomic E-state index is -4.77. The molecule has 0 aliphatic carbocycles. The van der Waals surface area contributed by atoms with Crippen LogP contribution in [0.25, 0.3) is 11.3 Å². The number of carboxylic acid groups (broad SMARTS) is 1. The Kier molecular flexibility index (Phi) is 10.3. The molecule has 12 nitrogen and oxygen atoms in total. The van der Waals surface area contributed by atoms with Gasteiger partial charge in [-0.3, -0.25) is 14.3 Å². The summed E-state index contributed by atoms with van der Waals surface area (Å²) in [6.07, 6.45) is -0.383. The number of nitriles is 1. The van der Waals surface area contributed by atoms with Gasteiger partial charge in [-0.2, -0.15) is 23.5 Å². The molecule has 3 rings (SSSR count). The maximum atomic E-state index is 13.5. The molecule has 2 heterocycles. The predicted octanol–water partition coefficient (Wildman–Crippen LogP) is 2.89. The van der Waals surface area contributed by atoms with E-state index < -0.39 is 27.5 Å². The van der Waals surface area contributed by atoms with Crippen LogP contribution in [0.3, 0.4) is 0 Å². The zero-order chi connectivity index (χ0) is 29.4. The first-order valence-corrected chi connectivity index (χ1v) is 13.1. The smallest absolute Gasteiger partial charge is 0.435 e. The van der Waals surface area contributed by atoms with Crippen molar-refractivity contribution in [2.45, 2.75) is 31.0 Å². The van der Waals surface area contributed by atoms with Crippen molar-refractivity contribution < 1.29 is 32.1 Å². The summed E-state index contributed by atoms with van der Waals surface area (Å²) in [5.74, 6) is -0.789. The molecule has 0 aliphatic heterocycles. The first-order valence-electron chi connectivity index (χ1n) is 11.2. The van der Waals surface area contributed by atoms with Gasteiger partial charge in [0.25, 0.3) is 12.4 Å². The predicted molar refractivity (Wildman–Crippen MR) is 136 cm³/mol. The summed E-state index contributed by atoms with van der Waals surface area (Å²) < 4.78 is 59.8. The van der Waals surface area contributed by atoms with Gasteiger partial charge in [0.05, 0.1) is 38.1 Å². The molecule has 39 heavy (non-hydrogen) atoms. The van der Waals surface area contributed by atoms with Gasteiger partial charge in [-0.15, -0.1) is 0 Å². The first-order chi connectivity index (χ1) is 18.3. The van der Waals surface area contributed by atoms with Gasteiger partial charge in [0.15, 0.2) is 11.5 Å². The second-order valence-electron chi connectivity index (χ2n) is 8.11. The molecule has 1 unspecified atom stereocenters. The summed E-state index contributed by atoms with van der Waals surface area (Å²) in [5.41, 5.74) is 5.02. The fourth-order valence-corrected chi connectivity index (χ4v) is 5.17. The number of nitrogens with one attached hydrogen (secondary N) is 1. The van der Waals surface area contributed by atoms with E-state index in [1.807, 2.05) is 0 Å². The number of hydrogen-bond acceptors (Lipinski definition) is 8. The molecule has 1 atom stereocenters. The number of nitrogens with zero attached hydrogens (tertiary/aromatic N) is 6. The number of nitrogens with two attached hydrogens (primary N) is 1. The van der Waals surface area contributed by atoms with Crippen LogP contribution in [0.5, 0.6) is 0 Å². The molecule has 0 spiro atoms. The van der Waals surface area contributed by atoms with Crippen molar-refractivity contribution in [2.75, 3.05) is 24.7 Å². The number of amides is 1. The van der Waals surface area contributed by atoms with Crippen LogP contribution < -0.4 is 11.1 Å². The van der Waals surface area contributed by atoms with Gasteiger partial charge in [-0.1, -0.05) is 0 Å². The fraction of sp³-hybridized carbons (Fsp3) is 0.348. The molecular formula is C23H27F3N8O4S. The highest BCUT2D eigenvalue weighted by Crippen LogP contribution is 2.36. The fourth-order valence-electron chi connectivity index (χ4n) is 3.58. The Balaban J connectivity index is 0.00000170. The lowest BCUT2D eigenvalue weighted by Gasteiger charge is -2.12. The van der Waals surface area contributed by atoms with Crippen LogP contribution in [0.15, 0.2) is 39.9 Å². The van der Waals surface area contributed by atoms with Crippen LogP contribution in [0.1, 0.15) is 28.3 Å². The highest BCUT2D eigenvalue weighted by Gasteiger charge is 2.38. The monoisotopic (exact) mass is 568 g/mol. The maximum absolute atomic E-state index is 13.5. The van der Waals surface area contributed by atoms with Crippen molar-refractivity contribution in [3.05, 3.63) is 47.7 Å². The van der Waals surface area contributed by atoms with E-state index in [-0.39, 0.29) is 30.1 Å². The van der Waals surface area contributed by atoms with E-state index in [1.54, 1.807) is 31.2 Å². The third kappa shape index (κ3) is 7.65. The van der Waals surface area contributed by atoms with E-state index in [4.69, 9.17) is 20.9 Å². The van der Waals surface area contributed by atoms with E-state index in [0.717, 1.165) is 17.1 Å². The van der Waals surface area contributed by atoms with Crippen LogP contribution in [-0.2, 0) is 34.3 Å². The topological polar surface area (TPSA) is 181 Å². The average molecular weight is 569 g/mol. The van der Waals surface area contributed by atoms with E-state index in [0.29, 0.717) is 35.7 Å². The van der Waals surface area contributed by atoms with Gasteiger partial charge in [-0.05, 0) is 43.7 Å². The largest absolute Gasteiger partial charge is 0.483 e. The van der Waals surface area contributed by atoms with Gasteiger partial charge in [0.2, 0.25) is 0 Å². The normalized spacial score (nSPS) is 12.5. The third-order valence-electron chi connectivity index (χ3n) is 5.27. The number of halogens is 3. The highest BCUT2D eigenvalue weighted by atomic mass is 32.2. The Labute approximate surface area is 222 Å². The molecule has 4 N–H and O–H groups in total. The van der Waals surface area contributed by atoms with Crippen molar-refractivity contribution in [1.82, 2.24) is 19.3 Å². The summed E-state index contributed by atoms with van der Waals surface area (Å²) >= 11 is 0. The number of carbonyl (C=O) groups is 2. The second-order valence-corrected chi connectivity index (χ2v) is 10.4. The third-order valence-corrected chi connectivity index (χ3v) is 7.22. The van der Waals surface area contributed by atoms with Crippen molar-refractivity contribution in [1.29, 1.82) is 5.26 Å². The lowest BCUT2D eigenvalue weighted by atomic mass is 10.2. The summed E-state index contributed by atoms with van der Waals surface area (Å²) in [4.78, 5) is 25.8. The van der Waals surface area contributed by atoms with Crippen LogP contribution in [0.4, 0.5) is 18.9 Å². The Hall–Kier alpha value is -4.23. The number of carbonyl (C=O) groups excluding carboxylic acids is 1. The lowest BCUT2D eigenvalue weighted by molar-refractivity contribution is -0.141. The zero-order valence-electron chi connectivity index (χ0n) is 21.3. The van der Waals surface area contributed by atoms with E-state index in [1.165, 1.54) is 17.9 Å². The molecule has 3 aromatic rings. The quantitative estimate of drug-likeness (QED) is 0.274. The molecule has 0 saturated heterocycles. The molecule has 16 heteroatoms. The number of aryl methyl sites for hydroxylation is 1. The molecule has 2 aromatic heterocycles. The van der Waals surface area contributed by atoms with E-state index >= 15 is 0 Å². The SMILES string of the molecule is Cc1cc(NC(=O)c2ncc(-c3cn(CC#N)nc3C(F)(F)F)n2C)ccc1S(C)(=O)=NCCCN.O=CO. The molecule has 0 fully saturated rings. The molecule has 1 aromatic carbocycles. The summed E-state index contributed by atoms with van der Waals surface area (Å²) in [6, 6.07) is 6.55. The maximum Gasteiger partial charge on any atom is 0.435 e. The Morgan fingerprint density at radius 3 is 2.62 bits per heavy atom. The molecule has 0 radical (unpaired) electrons. The minimum Gasteiger partial charge on any atom is -0.483 e. The van der Waals surface area contributed by atoms with Crippen molar-refractivity contribution in [3.63, 3.8) is 0 Å². The van der Waals surface area contributed by atoms with Crippen LogP contribution in [0.2, 0.25) is 0 Å². The van der Waals surface area contributed by atoms with Crippen molar-refractivity contribution in [2.24, 2.45) is 17.1 Å². The first kappa shape index (κ1) is 31.0. The number of hydrogen-bond donors (Lipinski definition) is 3. The Bertz CT molecular complexity index is 1500. The van der Waals surface area contributed by atoms with Gasteiger partial charge in [0.1, 0.15) is 6.54 Å². The van der Waals surface area contributed by atoms with E-state index in [9.17, 15) is 22.2 Å². The number of benzene rings is 1. The number of alkyl halides is 3. The average Bonchev–Trinajstić information content (AvgIpc) is 3.43. The van der Waals surface area contributed by atoms with Gasteiger partial charge in [-0.25, -0.2) is 13.6 Å².